The average Bonchev–Trinajstić information content (AvgIpc) is 2.22. The van der Waals surface area contributed by atoms with E-state index < -0.39 is 0 Å². The lowest BCUT2D eigenvalue weighted by Crippen LogP contribution is -2.11. The Morgan fingerprint density at radius 1 is 0.800 bits per heavy atom. The molecule has 0 rings (SSSR count). The topological polar surface area (TPSA) is 0 Å². The van der Waals surface area contributed by atoms with Gasteiger partial charge in [0.05, 0.1) is 0 Å². The third-order valence-corrected chi connectivity index (χ3v) is 4.19. The van der Waals surface area contributed by atoms with E-state index >= 15 is 0 Å². The van der Waals surface area contributed by atoms with E-state index in [1.54, 1.807) is 0 Å². The Morgan fingerprint density at radius 2 is 1.40 bits per heavy atom. The fourth-order valence-electron chi connectivity index (χ4n) is 2.01. The summed E-state index contributed by atoms with van der Waals surface area (Å²) in [6.07, 6.45) is 7.02. The molecule has 92 valence electrons. The molecule has 0 fully saturated rings. The lowest BCUT2D eigenvalue weighted by atomic mass is 9.83. The largest absolute Gasteiger partial charge is 0.0651 e. The van der Waals surface area contributed by atoms with Gasteiger partial charge in [-0.3, -0.25) is 0 Å². The fourth-order valence-corrected chi connectivity index (χ4v) is 2.01. The number of hydrogen-bond donors (Lipinski definition) is 0. The smallest absolute Gasteiger partial charge is 0.0414 e. The van der Waals surface area contributed by atoms with E-state index in [-0.39, 0.29) is 0 Å². The highest BCUT2D eigenvalue weighted by Crippen LogP contribution is 2.26. The van der Waals surface area contributed by atoms with E-state index in [2.05, 4.69) is 41.5 Å². The molecule has 0 heterocycles. The van der Waals surface area contributed by atoms with Crippen molar-refractivity contribution in [3.63, 3.8) is 0 Å². The van der Waals surface area contributed by atoms with Crippen molar-refractivity contribution >= 4 is 0 Å². The Morgan fingerprint density at radius 3 is 1.80 bits per heavy atom. The van der Waals surface area contributed by atoms with Crippen LogP contribution in [0.25, 0.3) is 0 Å². The van der Waals surface area contributed by atoms with Crippen LogP contribution in [-0.4, -0.2) is 0 Å². The second kappa shape index (κ2) is 8.19. The van der Waals surface area contributed by atoms with Crippen molar-refractivity contribution in [3.05, 3.63) is 0 Å². The van der Waals surface area contributed by atoms with E-state index in [9.17, 15) is 0 Å². The van der Waals surface area contributed by atoms with Gasteiger partial charge in [0.1, 0.15) is 0 Å². The Balaban J connectivity index is 3.82. The van der Waals surface area contributed by atoms with Crippen molar-refractivity contribution in [2.45, 2.75) is 73.6 Å². The Labute approximate surface area is 97.8 Å². The van der Waals surface area contributed by atoms with E-state index in [1.165, 1.54) is 32.1 Å². The summed E-state index contributed by atoms with van der Waals surface area (Å²) in [6, 6.07) is 0. The zero-order valence-electron chi connectivity index (χ0n) is 11.8. The summed E-state index contributed by atoms with van der Waals surface area (Å²) < 4.78 is 0. The van der Waals surface area contributed by atoms with Crippen LogP contribution in [0.1, 0.15) is 73.6 Å². The van der Waals surface area contributed by atoms with Crippen LogP contribution in [-0.2, 0) is 0 Å². The molecular formula is C15H32. The van der Waals surface area contributed by atoms with Gasteiger partial charge in [-0.25, -0.2) is 0 Å². The second-order valence-electron chi connectivity index (χ2n) is 5.82. The fraction of sp³-hybridized carbons (Fsp3) is 1.00. The van der Waals surface area contributed by atoms with Gasteiger partial charge in [-0.2, -0.15) is 0 Å². The van der Waals surface area contributed by atoms with E-state index in [0.29, 0.717) is 0 Å². The van der Waals surface area contributed by atoms with Crippen molar-refractivity contribution in [2.24, 2.45) is 23.7 Å². The van der Waals surface area contributed by atoms with Crippen molar-refractivity contribution in [2.75, 3.05) is 0 Å². The van der Waals surface area contributed by atoms with Gasteiger partial charge < -0.3 is 0 Å². The van der Waals surface area contributed by atoms with E-state index in [1.807, 2.05) is 0 Å². The molecule has 0 amide bonds. The molecule has 0 spiro atoms. The van der Waals surface area contributed by atoms with Crippen molar-refractivity contribution < 1.29 is 0 Å². The SMILES string of the molecule is CCC(C)CC[C@H](CC)CC(C)C(C)C. The summed E-state index contributed by atoms with van der Waals surface area (Å²) in [5.41, 5.74) is 0. The molecule has 0 radical (unpaired) electrons. The van der Waals surface area contributed by atoms with Gasteiger partial charge in [0.2, 0.25) is 0 Å². The van der Waals surface area contributed by atoms with Crippen molar-refractivity contribution in [1.29, 1.82) is 0 Å². The highest BCUT2D eigenvalue weighted by Gasteiger charge is 2.14. The van der Waals surface area contributed by atoms with Gasteiger partial charge in [-0.1, -0.05) is 67.2 Å². The third kappa shape index (κ3) is 6.98. The summed E-state index contributed by atoms with van der Waals surface area (Å²) in [7, 11) is 0. The second-order valence-corrected chi connectivity index (χ2v) is 5.82. The van der Waals surface area contributed by atoms with Gasteiger partial charge in [-0.05, 0) is 30.1 Å². The number of rotatable bonds is 8. The highest BCUT2D eigenvalue weighted by molar-refractivity contribution is 4.66. The first-order valence-electron chi connectivity index (χ1n) is 7.01. The molecule has 0 aromatic carbocycles. The Hall–Kier alpha value is 0. The molecule has 0 heteroatoms. The van der Waals surface area contributed by atoms with Crippen LogP contribution < -0.4 is 0 Å². The van der Waals surface area contributed by atoms with Gasteiger partial charge in [0.15, 0.2) is 0 Å². The first-order chi connectivity index (χ1) is 7.01. The quantitative estimate of drug-likeness (QED) is 0.497. The predicted octanol–water partition coefficient (Wildman–Crippen LogP) is 5.52. The van der Waals surface area contributed by atoms with Crippen LogP contribution in [0, 0.1) is 23.7 Å². The lowest BCUT2D eigenvalue weighted by molar-refractivity contribution is 0.285. The van der Waals surface area contributed by atoms with Crippen LogP contribution in [0.15, 0.2) is 0 Å². The summed E-state index contributed by atoms with van der Waals surface area (Å²) in [5.74, 6) is 3.64. The molecule has 0 bridgehead atoms. The van der Waals surface area contributed by atoms with Crippen molar-refractivity contribution in [3.8, 4) is 0 Å². The molecule has 0 N–H and O–H groups in total. The molecule has 0 aromatic heterocycles. The molecular weight excluding hydrogens is 180 g/mol. The zero-order chi connectivity index (χ0) is 11.8. The minimum atomic E-state index is 0.850. The molecule has 0 aliphatic heterocycles. The van der Waals surface area contributed by atoms with Crippen LogP contribution in [0.3, 0.4) is 0 Å². The highest BCUT2D eigenvalue weighted by atomic mass is 14.2. The maximum atomic E-state index is 2.41. The summed E-state index contributed by atoms with van der Waals surface area (Å²) in [4.78, 5) is 0. The minimum Gasteiger partial charge on any atom is -0.0651 e. The van der Waals surface area contributed by atoms with Gasteiger partial charge in [-0.15, -0.1) is 0 Å². The molecule has 15 heavy (non-hydrogen) atoms. The first kappa shape index (κ1) is 15.0. The minimum absolute atomic E-state index is 0.850. The molecule has 0 saturated heterocycles. The summed E-state index contributed by atoms with van der Waals surface area (Å²) in [6.45, 7) is 14.2. The predicted molar refractivity (Wildman–Crippen MR) is 71.1 cm³/mol. The molecule has 0 aliphatic carbocycles. The maximum absolute atomic E-state index is 2.41. The molecule has 0 saturated carbocycles. The average molecular weight is 212 g/mol. The van der Waals surface area contributed by atoms with Crippen LogP contribution in [0.5, 0.6) is 0 Å². The summed E-state index contributed by atoms with van der Waals surface area (Å²) >= 11 is 0. The maximum Gasteiger partial charge on any atom is -0.0414 e. The summed E-state index contributed by atoms with van der Waals surface area (Å²) in [5, 5.41) is 0. The van der Waals surface area contributed by atoms with Gasteiger partial charge >= 0.3 is 0 Å². The molecule has 0 aliphatic rings. The first-order valence-corrected chi connectivity index (χ1v) is 7.01. The third-order valence-electron chi connectivity index (χ3n) is 4.19. The normalized spacial score (nSPS) is 17.8. The number of hydrogen-bond acceptors (Lipinski definition) is 0. The van der Waals surface area contributed by atoms with Crippen LogP contribution in [0.2, 0.25) is 0 Å². The Bertz CT molecular complexity index is 137. The standard InChI is InChI=1S/C15H32/c1-7-13(5)9-10-15(8-2)11-14(6)12(3)4/h12-15H,7-11H2,1-6H3/t13?,14?,15-/m0/s1. The van der Waals surface area contributed by atoms with Crippen LogP contribution in [0.4, 0.5) is 0 Å². The van der Waals surface area contributed by atoms with Crippen molar-refractivity contribution in [1.82, 2.24) is 0 Å². The van der Waals surface area contributed by atoms with E-state index in [0.717, 1.165) is 23.7 Å². The van der Waals surface area contributed by atoms with Gasteiger partial charge in [0.25, 0.3) is 0 Å². The monoisotopic (exact) mass is 212 g/mol. The lowest BCUT2D eigenvalue weighted by Gasteiger charge is -2.23. The van der Waals surface area contributed by atoms with Gasteiger partial charge in [0, 0.05) is 0 Å². The molecule has 0 nitrogen and oxygen atoms in total. The Kier molecular flexibility index (Phi) is 8.19. The van der Waals surface area contributed by atoms with Crippen LogP contribution >= 0.6 is 0 Å². The zero-order valence-corrected chi connectivity index (χ0v) is 11.8. The molecule has 2 unspecified atom stereocenters. The molecule has 0 aromatic rings. The van der Waals surface area contributed by atoms with E-state index in [4.69, 9.17) is 0 Å². The molecule has 3 atom stereocenters.